The van der Waals surface area contributed by atoms with Crippen LogP contribution in [-0.2, 0) is 29.0 Å². The molecule has 0 unspecified atom stereocenters. The number of halogens is 2. The molecule has 0 aliphatic heterocycles. The summed E-state index contributed by atoms with van der Waals surface area (Å²) in [6.07, 6.45) is 3.20. The van der Waals surface area contributed by atoms with Crippen LogP contribution in [0.5, 0.6) is 0 Å². The summed E-state index contributed by atoms with van der Waals surface area (Å²) in [6.45, 7) is 4.97. The third-order valence-corrected chi connectivity index (χ3v) is 6.92. The third-order valence-electron chi connectivity index (χ3n) is 6.19. The lowest BCUT2D eigenvalue weighted by Crippen LogP contribution is -2.50. The molecule has 0 heterocycles. The maximum Gasteiger partial charge on any atom is 0.243 e. The molecule has 2 amide bonds. The van der Waals surface area contributed by atoms with Gasteiger partial charge in [-0.15, -0.1) is 0 Å². The predicted molar refractivity (Wildman–Crippen MR) is 148 cm³/mol. The third kappa shape index (κ3) is 8.39. The Morgan fingerprint density at radius 1 is 0.889 bits per heavy atom. The smallest absolute Gasteiger partial charge is 0.243 e. The van der Waals surface area contributed by atoms with Crippen molar-refractivity contribution in [1.82, 2.24) is 10.2 Å². The highest BCUT2D eigenvalue weighted by Gasteiger charge is 2.30. The van der Waals surface area contributed by atoms with Crippen molar-refractivity contribution >= 4 is 35.0 Å². The van der Waals surface area contributed by atoms with E-state index in [-0.39, 0.29) is 18.4 Å². The van der Waals surface area contributed by atoms with E-state index in [4.69, 9.17) is 23.2 Å². The first kappa shape index (κ1) is 27.8. The molecule has 3 rings (SSSR count). The van der Waals surface area contributed by atoms with Crippen LogP contribution in [0.1, 0.15) is 48.4 Å². The minimum Gasteiger partial charge on any atom is -0.354 e. The zero-order chi connectivity index (χ0) is 25.9. The van der Waals surface area contributed by atoms with Gasteiger partial charge in [0.15, 0.2) is 0 Å². The molecule has 0 bridgehead atoms. The molecule has 3 aromatic carbocycles. The molecule has 0 aliphatic rings. The van der Waals surface area contributed by atoms with Crippen molar-refractivity contribution in [3.63, 3.8) is 0 Å². The van der Waals surface area contributed by atoms with Crippen LogP contribution in [-0.4, -0.2) is 29.3 Å². The Morgan fingerprint density at radius 3 is 2.25 bits per heavy atom. The van der Waals surface area contributed by atoms with Crippen LogP contribution in [0.15, 0.2) is 72.8 Å². The van der Waals surface area contributed by atoms with E-state index in [0.29, 0.717) is 35.9 Å². The Hall–Kier alpha value is -2.82. The van der Waals surface area contributed by atoms with Crippen molar-refractivity contribution < 1.29 is 9.59 Å². The lowest BCUT2D eigenvalue weighted by molar-refractivity contribution is -0.141. The number of aryl methyl sites for hydroxylation is 2. The molecule has 0 fully saturated rings. The molecular weight excluding hydrogens is 491 g/mol. The van der Waals surface area contributed by atoms with Gasteiger partial charge in [-0.05, 0) is 48.6 Å². The Labute approximate surface area is 224 Å². The van der Waals surface area contributed by atoms with E-state index in [0.717, 1.165) is 29.5 Å². The van der Waals surface area contributed by atoms with Crippen molar-refractivity contribution in [3.05, 3.63) is 105 Å². The molecule has 0 saturated heterocycles. The van der Waals surface area contributed by atoms with Gasteiger partial charge in [0, 0.05) is 25.9 Å². The molecule has 0 spiro atoms. The highest BCUT2D eigenvalue weighted by molar-refractivity contribution is 6.42. The van der Waals surface area contributed by atoms with Gasteiger partial charge in [-0.3, -0.25) is 9.59 Å². The predicted octanol–water partition coefficient (Wildman–Crippen LogP) is 6.79. The molecule has 4 nitrogen and oxygen atoms in total. The normalized spacial score (nSPS) is 11.7. The number of carbonyl (C=O) groups is 2. The van der Waals surface area contributed by atoms with E-state index in [2.05, 4.69) is 12.2 Å². The molecule has 3 aromatic rings. The maximum absolute atomic E-state index is 13.7. The fraction of sp³-hybridized carbons (Fsp3) is 0.333. The number of nitrogens with one attached hydrogen (secondary N) is 1. The fourth-order valence-electron chi connectivity index (χ4n) is 4.04. The van der Waals surface area contributed by atoms with Crippen molar-refractivity contribution in [2.24, 2.45) is 0 Å². The number of unbranched alkanes of at least 4 members (excludes halogenated alkanes) is 1. The van der Waals surface area contributed by atoms with Crippen LogP contribution in [0.25, 0.3) is 0 Å². The maximum atomic E-state index is 13.7. The van der Waals surface area contributed by atoms with Crippen molar-refractivity contribution in [2.45, 2.75) is 58.5 Å². The van der Waals surface area contributed by atoms with Crippen LogP contribution in [0.3, 0.4) is 0 Å². The monoisotopic (exact) mass is 524 g/mol. The molecule has 0 radical (unpaired) electrons. The molecule has 0 aliphatic carbocycles. The number of amides is 2. The zero-order valence-electron chi connectivity index (χ0n) is 21.0. The van der Waals surface area contributed by atoms with Gasteiger partial charge in [0.05, 0.1) is 10.0 Å². The average Bonchev–Trinajstić information content (AvgIpc) is 2.88. The summed E-state index contributed by atoms with van der Waals surface area (Å²) in [5.74, 6) is -0.218. The summed E-state index contributed by atoms with van der Waals surface area (Å²) in [7, 11) is 0. The topological polar surface area (TPSA) is 49.4 Å². The van der Waals surface area contributed by atoms with Gasteiger partial charge in [-0.2, -0.15) is 0 Å². The number of benzene rings is 3. The Bertz CT molecular complexity index is 1130. The second-order valence-corrected chi connectivity index (χ2v) is 9.92. The van der Waals surface area contributed by atoms with Gasteiger partial charge in [-0.1, -0.05) is 103 Å². The van der Waals surface area contributed by atoms with Crippen LogP contribution < -0.4 is 5.32 Å². The molecule has 36 heavy (non-hydrogen) atoms. The first-order chi connectivity index (χ1) is 17.4. The Morgan fingerprint density at radius 2 is 1.58 bits per heavy atom. The van der Waals surface area contributed by atoms with E-state index >= 15 is 0 Å². The van der Waals surface area contributed by atoms with Crippen molar-refractivity contribution in [1.29, 1.82) is 0 Å². The van der Waals surface area contributed by atoms with Gasteiger partial charge < -0.3 is 10.2 Å². The average molecular weight is 526 g/mol. The number of carbonyl (C=O) groups excluding carboxylic acids is 2. The minimum absolute atomic E-state index is 0.0757. The zero-order valence-corrected chi connectivity index (χ0v) is 22.5. The Balaban J connectivity index is 1.89. The van der Waals surface area contributed by atoms with Gasteiger partial charge in [0.2, 0.25) is 11.8 Å². The van der Waals surface area contributed by atoms with Crippen LogP contribution in [0, 0.1) is 6.92 Å². The van der Waals surface area contributed by atoms with Crippen molar-refractivity contribution in [2.75, 3.05) is 6.54 Å². The van der Waals surface area contributed by atoms with E-state index in [1.165, 1.54) is 5.56 Å². The highest BCUT2D eigenvalue weighted by atomic mass is 35.5. The SMILES string of the molecule is CCCCNC(=O)[C@H](Cc1ccccc1)N(Cc1ccc(Cl)c(Cl)c1)C(=O)CCc1ccc(C)cc1. The van der Waals surface area contributed by atoms with E-state index < -0.39 is 6.04 Å². The number of hydrogen-bond acceptors (Lipinski definition) is 2. The quantitative estimate of drug-likeness (QED) is 0.265. The number of rotatable bonds is 12. The summed E-state index contributed by atoms with van der Waals surface area (Å²) in [5, 5.41) is 3.92. The Kier molecular flexibility index (Phi) is 10.8. The van der Waals surface area contributed by atoms with Gasteiger partial charge in [-0.25, -0.2) is 0 Å². The molecule has 6 heteroatoms. The number of nitrogens with zero attached hydrogens (tertiary/aromatic N) is 1. The summed E-state index contributed by atoms with van der Waals surface area (Å²) in [4.78, 5) is 28.8. The van der Waals surface area contributed by atoms with Crippen LogP contribution in [0.2, 0.25) is 10.0 Å². The summed E-state index contributed by atoms with van der Waals surface area (Å²) in [6, 6.07) is 22.7. The van der Waals surface area contributed by atoms with Crippen molar-refractivity contribution in [3.8, 4) is 0 Å². The number of hydrogen-bond donors (Lipinski definition) is 1. The fourth-order valence-corrected chi connectivity index (χ4v) is 4.37. The van der Waals surface area contributed by atoms with Gasteiger partial charge in [0.1, 0.15) is 6.04 Å². The molecule has 1 N–H and O–H groups in total. The molecule has 190 valence electrons. The standard InChI is InChI=1S/C30H34Cl2N2O2/c1-3-4-18-33-30(36)28(20-24-8-6-5-7-9-24)34(21-25-14-16-26(31)27(32)19-25)29(35)17-15-23-12-10-22(2)11-13-23/h5-14,16,19,28H,3-4,15,17-18,20-21H2,1-2H3,(H,33,36)/t28-/m0/s1. The van der Waals surface area contributed by atoms with E-state index in [1.807, 2.05) is 67.6 Å². The summed E-state index contributed by atoms with van der Waals surface area (Å²) in [5.41, 5.74) is 4.10. The molecule has 0 aromatic heterocycles. The van der Waals surface area contributed by atoms with Crippen LogP contribution >= 0.6 is 23.2 Å². The summed E-state index contributed by atoms with van der Waals surface area (Å²) < 4.78 is 0. The minimum atomic E-state index is -0.649. The second-order valence-electron chi connectivity index (χ2n) is 9.11. The highest BCUT2D eigenvalue weighted by Crippen LogP contribution is 2.25. The lowest BCUT2D eigenvalue weighted by atomic mass is 10.0. The van der Waals surface area contributed by atoms with Gasteiger partial charge in [0.25, 0.3) is 0 Å². The summed E-state index contributed by atoms with van der Waals surface area (Å²) >= 11 is 12.4. The van der Waals surface area contributed by atoms with Gasteiger partial charge >= 0.3 is 0 Å². The second kappa shape index (κ2) is 14.1. The largest absolute Gasteiger partial charge is 0.354 e. The van der Waals surface area contributed by atoms with E-state index in [9.17, 15) is 9.59 Å². The molecular formula is C30H34Cl2N2O2. The molecule has 0 saturated carbocycles. The lowest BCUT2D eigenvalue weighted by Gasteiger charge is -2.32. The first-order valence-corrected chi connectivity index (χ1v) is 13.2. The van der Waals surface area contributed by atoms with E-state index in [1.54, 1.807) is 17.0 Å². The first-order valence-electron chi connectivity index (χ1n) is 12.5. The van der Waals surface area contributed by atoms with Crippen LogP contribution in [0.4, 0.5) is 0 Å². The molecule has 1 atom stereocenters.